The van der Waals surface area contributed by atoms with Gasteiger partial charge in [-0.3, -0.25) is 9.59 Å². The average Bonchev–Trinajstić information content (AvgIpc) is 3.02. The molecule has 0 unspecified atom stereocenters. The van der Waals surface area contributed by atoms with Gasteiger partial charge >= 0.3 is 6.18 Å². The van der Waals surface area contributed by atoms with Gasteiger partial charge in [-0.05, 0) is 18.6 Å². The maximum Gasteiger partial charge on any atom is 0.406 e. The highest BCUT2D eigenvalue weighted by Crippen LogP contribution is 2.24. The standard InChI is InChI=1S/C14H17F3N2O2S/c1-2-10-3-4-11(22-10)6-18-13(21)9-5-12(20)19(7-9)8-14(15,16)17/h3-4,9H,2,5-8H2,1H3,(H,18,21)/t9-/m1/s1. The Balaban J connectivity index is 1.84. The molecule has 4 nitrogen and oxygen atoms in total. The van der Waals surface area contributed by atoms with Crippen LogP contribution >= 0.6 is 11.3 Å². The summed E-state index contributed by atoms with van der Waals surface area (Å²) in [6.45, 7) is 0.913. The van der Waals surface area contributed by atoms with E-state index in [0.29, 0.717) is 11.4 Å². The summed E-state index contributed by atoms with van der Waals surface area (Å²) in [7, 11) is 0. The maximum absolute atomic E-state index is 12.3. The number of rotatable bonds is 5. The highest BCUT2D eigenvalue weighted by molar-refractivity contribution is 7.11. The quantitative estimate of drug-likeness (QED) is 0.898. The largest absolute Gasteiger partial charge is 0.406 e. The summed E-state index contributed by atoms with van der Waals surface area (Å²) >= 11 is 1.59. The van der Waals surface area contributed by atoms with Crippen molar-refractivity contribution in [3.8, 4) is 0 Å². The maximum atomic E-state index is 12.3. The van der Waals surface area contributed by atoms with Gasteiger partial charge in [-0.2, -0.15) is 13.2 Å². The molecule has 8 heteroatoms. The fourth-order valence-electron chi connectivity index (χ4n) is 2.34. The number of likely N-dealkylation sites (tertiary alicyclic amines) is 1. The Morgan fingerprint density at radius 3 is 2.68 bits per heavy atom. The zero-order valence-corrected chi connectivity index (χ0v) is 12.9. The predicted molar refractivity (Wildman–Crippen MR) is 76.3 cm³/mol. The molecule has 1 fully saturated rings. The highest BCUT2D eigenvalue weighted by Gasteiger charge is 2.40. The van der Waals surface area contributed by atoms with Gasteiger partial charge in [0, 0.05) is 22.7 Å². The van der Waals surface area contributed by atoms with Crippen molar-refractivity contribution >= 4 is 23.2 Å². The fraction of sp³-hybridized carbons (Fsp3) is 0.571. The Morgan fingerprint density at radius 1 is 1.41 bits per heavy atom. The van der Waals surface area contributed by atoms with Crippen LogP contribution in [0.5, 0.6) is 0 Å². The lowest BCUT2D eigenvalue weighted by molar-refractivity contribution is -0.157. The molecule has 22 heavy (non-hydrogen) atoms. The number of alkyl halides is 3. The third-order valence-electron chi connectivity index (χ3n) is 3.46. The number of nitrogens with zero attached hydrogens (tertiary/aromatic N) is 1. The molecule has 0 bridgehead atoms. The lowest BCUT2D eigenvalue weighted by Crippen LogP contribution is -2.37. The van der Waals surface area contributed by atoms with Crippen LogP contribution in [-0.4, -0.2) is 36.0 Å². The van der Waals surface area contributed by atoms with Crippen LogP contribution in [-0.2, 0) is 22.6 Å². The smallest absolute Gasteiger partial charge is 0.351 e. The van der Waals surface area contributed by atoms with Gasteiger partial charge in [-0.1, -0.05) is 6.92 Å². The molecule has 0 saturated carbocycles. The minimum Gasteiger partial charge on any atom is -0.351 e. The lowest BCUT2D eigenvalue weighted by Gasteiger charge is -2.18. The Hall–Kier alpha value is -1.57. The van der Waals surface area contributed by atoms with Gasteiger partial charge in [-0.25, -0.2) is 0 Å². The molecule has 1 aromatic heterocycles. The molecule has 0 aromatic carbocycles. The number of halogens is 3. The van der Waals surface area contributed by atoms with E-state index in [1.54, 1.807) is 11.3 Å². The van der Waals surface area contributed by atoms with Crippen molar-refractivity contribution in [1.82, 2.24) is 10.2 Å². The lowest BCUT2D eigenvalue weighted by atomic mass is 10.1. The van der Waals surface area contributed by atoms with E-state index in [-0.39, 0.29) is 18.9 Å². The van der Waals surface area contributed by atoms with Crippen molar-refractivity contribution in [3.63, 3.8) is 0 Å². The van der Waals surface area contributed by atoms with Crippen LogP contribution < -0.4 is 5.32 Å². The number of hydrogen-bond donors (Lipinski definition) is 1. The predicted octanol–water partition coefficient (Wildman–Crippen LogP) is 2.34. The molecule has 2 heterocycles. The topological polar surface area (TPSA) is 49.4 Å². The van der Waals surface area contributed by atoms with Crippen LogP contribution in [0.15, 0.2) is 12.1 Å². The van der Waals surface area contributed by atoms with Crippen molar-refractivity contribution in [2.45, 2.75) is 32.5 Å². The molecular weight excluding hydrogens is 317 g/mol. The summed E-state index contributed by atoms with van der Waals surface area (Å²) in [5.41, 5.74) is 0. The van der Waals surface area contributed by atoms with E-state index in [4.69, 9.17) is 0 Å². The first-order valence-corrected chi connectivity index (χ1v) is 7.80. The Bertz CT molecular complexity index is 557. The van der Waals surface area contributed by atoms with Crippen molar-refractivity contribution in [2.24, 2.45) is 5.92 Å². The number of carbonyl (C=O) groups is 2. The Morgan fingerprint density at radius 2 is 2.09 bits per heavy atom. The van der Waals surface area contributed by atoms with Crippen molar-refractivity contribution < 1.29 is 22.8 Å². The van der Waals surface area contributed by atoms with E-state index in [2.05, 4.69) is 5.32 Å². The van der Waals surface area contributed by atoms with E-state index >= 15 is 0 Å². The normalized spacial score (nSPS) is 18.8. The monoisotopic (exact) mass is 334 g/mol. The molecule has 1 N–H and O–H groups in total. The van der Waals surface area contributed by atoms with Crippen LogP contribution in [0.1, 0.15) is 23.1 Å². The van der Waals surface area contributed by atoms with Crippen LogP contribution in [0.2, 0.25) is 0 Å². The summed E-state index contributed by atoms with van der Waals surface area (Å²) in [5, 5.41) is 2.69. The van der Waals surface area contributed by atoms with Crippen LogP contribution in [0.25, 0.3) is 0 Å². The summed E-state index contributed by atoms with van der Waals surface area (Å²) in [6, 6.07) is 3.90. The second kappa shape index (κ2) is 6.68. The first-order chi connectivity index (χ1) is 10.3. The number of thiophene rings is 1. The molecule has 2 rings (SSSR count). The summed E-state index contributed by atoms with van der Waals surface area (Å²) in [6.07, 6.45) is -3.68. The van der Waals surface area contributed by atoms with Crippen LogP contribution in [0.4, 0.5) is 13.2 Å². The molecule has 1 saturated heterocycles. The van der Waals surface area contributed by atoms with Crippen molar-refractivity contribution in [2.75, 3.05) is 13.1 Å². The molecule has 1 aliphatic rings. The fourth-order valence-corrected chi connectivity index (χ4v) is 3.24. The second-order valence-electron chi connectivity index (χ2n) is 5.23. The number of nitrogens with one attached hydrogen (secondary N) is 1. The first kappa shape index (κ1) is 16.8. The van der Waals surface area contributed by atoms with Gasteiger partial charge in [0.05, 0.1) is 12.5 Å². The highest BCUT2D eigenvalue weighted by atomic mass is 32.1. The first-order valence-electron chi connectivity index (χ1n) is 6.98. The molecular formula is C14H17F3N2O2S. The van der Waals surface area contributed by atoms with E-state index < -0.39 is 24.5 Å². The number of hydrogen-bond acceptors (Lipinski definition) is 3. The van der Waals surface area contributed by atoms with Gasteiger partial charge in [-0.15, -0.1) is 11.3 Å². The van der Waals surface area contributed by atoms with Gasteiger partial charge < -0.3 is 10.2 Å². The zero-order valence-electron chi connectivity index (χ0n) is 12.1. The van der Waals surface area contributed by atoms with Gasteiger partial charge in [0.25, 0.3) is 0 Å². The average molecular weight is 334 g/mol. The van der Waals surface area contributed by atoms with Gasteiger partial charge in [0.15, 0.2) is 0 Å². The second-order valence-corrected chi connectivity index (χ2v) is 6.48. The summed E-state index contributed by atoms with van der Waals surface area (Å²) in [4.78, 5) is 26.4. The third kappa shape index (κ3) is 4.46. The Kier molecular flexibility index (Phi) is 5.10. The van der Waals surface area contributed by atoms with Crippen molar-refractivity contribution in [3.05, 3.63) is 21.9 Å². The molecule has 1 aliphatic heterocycles. The van der Waals surface area contributed by atoms with E-state index in [1.807, 2.05) is 19.1 Å². The minimum atomic E-state index is -4.44. The summed E-state index contributed by atoms with van der Waals surface area (Å²) < 4.78 is 37.0. The molecule has 2 amide bonds. The number of amides is 2. The molecule has 1 aromatic rings. The third-order valence-corrected chi connectivity index (χ3v) is 4.69. The SMILES string of the molecule is CCc1ccc(CNC(=O)[C@@H]2CC(=O)N(CC(F)(F)F)C2)s1. The van der Waals surface area contributed by atoms with Crippen molar-refractivity contribution in [1.29, 1.82) is 0 Å². The molecule has 1 atom stereocenters. The van der Waals surface area contributed by atoms with Crippen LogP contribution in [0.3, 0.4) is 0 Å². The molecule has 0 aliphatic carbocycles. The number of carbonyl (C=O) groups excluding carboxylic acids is 2. The number of aryl methyl sites for hydroxylation is 1. The molecule has 0 spiro atoms. The van der Waals surface area contributed by atoms with Crippen LogP contribution in [0, 0.1) is 5.92 Å². The zero-order chi connectivity index (χ0) is 16.3. The minimum absolute atomic E-state index is 0.160. The molecule has 0 radical (unpaired) electrons. The molecule has 122 valence electrons. The Labute approximate surface area is 130 Å². The van der Waals surface area contributed by atoms with E-state index in [0.717, 1.165) is 11.3 Å². The van der Waals surface area contributed by atoms with Gasteiger partial charge in [0.1, 0.15) is 6.54 Å². The summed E-state index contributed by atoms with van der Waals surface area (Å²) in [5.74, 6) is -1.70. The van der Waals surface area contributed by atoms with Gasteiger partial charge in [0.2, 0.25) is 11.8 Å². The van der Waals surface area contributed by atoms with E-state index in [9.17, 15) is 22.8 Å². The van der Waals surface area contributed by atoms with E-state index in [1.165, 1.54) is 4.88 Å².